The van der Waals surface area contributed by atoms with Crippen LogP contribution < -0.4 is 0 Å². The van der Waals surface area contributed by atoms with Crippen molar-refractivity contribution in [1.29, 1.82) is 0 Å². The Morgan fingerprint density at radius 3 is 1.33 bits per heavy atom. The number of methoxy groups -OCH3 is 2. The van der Waals surface area contributed by atoms with E-state index in [2.05, 4.69) is 9.47 Å². The fourth-order valence-corrected chi connectivity index (χ4v) is 0.978. The zero-order valence-electron chi connectivity index (χ0n) is 7.94. The quantitative estimate of drug-likeness (QED) is 0.556. The van der Waals surface area contributed by atoms with Crippen molar-refractivity contribution in [2.24, 2.45) is 0 Å². The molecular weight excluding hydrogens is 223 g/mol. The summed E-state index contributed by atoms with van der Waals surface area (Å²) >= 11 is 0. The molecule has 1 aromatic rings. The maximum absolute atomic E-state index is 11.0. The van der Waals surface area contributed by atoms with Crippen molar-refractivity contribution in [1.82, 2.24) is 0 Å². The van der Waals surface area contributed by atoms with Gasteiger partial charge in [-0.05, 0) is 24.3 Å². The Balaban J connectivity index is 0.00000196. The second kappa shape index (κ2) is 7.13. The van der Waals surface area contributed by atoms with Crippen molar-refractivity contribution in [2.75, 3.05) is 14.2 Å². The monoisotopic (exact) mass is 234 g/mol. The number of hydrogen-bond donors (Lipinski definition) is 0. The fourth-order valence-electron chi connectivity index (χ4n) is 0.978. The molecule has 0 atom stereocenters. The van der Waals surface area contributed by atoms with Crippen molar-refractivity contribution >= 4 is 63.3 Å². The molecule has 76 valence electrons. The molecule has 0 unspecified atom stereocenters. The number of rotatable bonds is 2. The van der Waals surface area contributed by atoms with E-state index in [4.69, 9.17) is 0 Å². The van der Waals surface area contributed by atoms with Gasteiger partial charge in [0.2, 0.25) is 0 Å². The summed E-state index contributed by atoms with van der Waals surface area (Å²) in [6.07, 6.45) is 0. The Labute approximate surface area is 130 Å². The first kappa shape index (κ1) is 14.8. The zero-order valence-corrected chi connectivity index (χ0v) is 7.94. The topological polar surface area (TPSA) is 52.6 Å². The van der Waals surface area contributed by atoms with Gasteiger partial charge >= 0.3 is 63.3 Å². The van der Waals surface area contributed by atoms with E-state index in [1.54, 1.807) is 0 Å². The molecule has 0 N–H and O–H groups in total. The average Bonchev–Trinajstić information content (AvgIpc) is 2.27. The van der Waals surface area contributed by atoms with E-state index in [9.17, 15) is 9.59 Å². The third-order valence-electron chi connectivity index (χ3n) is 1.73. The predicted octanol–water partition coefficient (Wildman–Crippen LogP) is 0.611. The number of carbonyl (C=O) groups excluding carboxylic acids is 2. The van der Waals surface area contributed by atoms with Crippen LogP contribution in [0.15, 0.2) is 24.3 Å². The Hall–Kier alpha value is -0.204. The molecule has 0 heterocycles. The molecule has 1 aromatic carbocycles. The molecule has 0 saturated heterocycles. The maximum atomic E-state index is 11.0. The Kier molecular flexibility index (Phi) is 7.04. The SMILES string of the molecule is COC(=O)c1ccc(C(=O)OC)cc1.[KH]. The molecule has 5 heteroatoms. The molecular formula is C10H11KO4. The van der Waals surface area contributed by atoms with Gasteiger partial charge in [0.05, 0.1) is 25.3 Å². The van der Waals surface area contributed by atoms with E-state index < -0.39 is 11.9 Å². The minimum absolute atomic E-state index is 0. The van der Waals surface area contributed by atoms with Crippen molar-refractivity contribution in [2.45, 2.75) is 0 Å². The molecule has 4 nitrogen and oxygen atoms in total. The van der Waals surface area contributed by atoms with Crippen LogP contribution in [0.2, 0.25) is 0 Å². The van der Waals surface area contributed by atoms with Crippen LogP contribution in [0.4, 0.5) is 0 Å². The first-order valence-corrected chi connectivity index (χ1v) is 3.95. The fraction of sp³-hybridized carbons (Fsp3) is 0.200. The Morgan fingerprint density at radius 2 is 1.13 bits per heavy atom. The van der Waals surface area contributed by atoms with Crippen LogP contribution >= 0.6 is 0 Å². The van der Waals surface area contributed by atoms with Crippen molar-refractivity contribution < 1.29 is 19.1 Å². The van der Waals surface area contributed by atoms with Crippen LogP contribution in [-0.4, -0.2) is 77.5 Å². The van der Waals surface area contributed by atoms with Gasteiger partial charge in [0, 0.05) is 0 Å². The standard InChI is InChI=1S/C10H10O4.K.H/c1-13-9(11)7-3-5-8(6-4-7)10(12)14-2;;/h3-6H,1-2H3;;. The van der Waals surface area contributed by atoms with E-state index >= 15 is 0 Å². The summed E-state index contributed by atoms with van der Waals surface area (Å²) in [6.45, 7) is 0. The van der Waals surface area contributed by atoms with E-state index in [1.807, 2.05) is 0 Å². The van der Waals surface area contributed by atoms with Gasteiger partial charge < -0.3 is 9.47 Å². The van der Waals surface area contributed by atoms with Crippen molar-refractivity contribution in [3.05, 3.63) is 35.4 Å². The van der Waals surface area contributed by atoms with Gasteiger partial charge in [-0.1, -0.05) is 0 Å². The van der Waals surface area contributed by atoms with Crippen LogP contribution in [0.25, 0.3) is 0 Å². The molecule has 0 aromatic heterocycles. The third kappa shape index (κ3) is 4.04. The van der Waals surface area contributed by atoms with Crippen LogP contribution in [0, 0.1) is 0 Å². The normalized spacial score (nSPS) is 8.67. The minimum atomic E-state index is -0.429. The first-order chi connectivity index (χ1) is 6.69. The molecule has 1 rings (SSSR count). The number of hydrogen-bond acceptors (Lipinski definition) is 4. The number of benzene rings is 1. The Bertz CT molecular complexity index is 310. The van der Waals surface area contributed by atoms with E-state index in [1.165, 1.54) is 38.5 Å². The van der Waals surface area contributed by atoms with Crippen LogP contribution in [0.5, 0.6) is 0 Å². The van der Waals surface area contributed by atoms with Gasteiger partial charge in [0.1, 0.15) is 0 Å². The summed E-state index contributed by atoms with van der Waals surface area (Å²) in [6, 6.07) is 6.05. The van der Waals surface area contributed by atoms with Gasteiger partial charge in [-0.25, -0.2) is 9.59 Å². The molecule has 0 aliphatic heterocycles. The zero-order chi connectivity index (χ0) is 10.6. The molecule has 0 aliphatic rings. The van der Waals surface area contributed by atoms with Gasteiger partial charge in [0.25, 0.3) is 0 Å². The van der Waals surface area contributed by atoms with Crippen LogP contribution in [0.3, 0.4) is 0 Å². The predicted molar refractivity (Wildman–Crippen MR) is 56.3 cm³/mol. The van der Waals surface area contributed by atoms with Gasteiger partial charge in [-0.15, -0.1) is 0 Å². The molecule has 0 bridgehead atoms. The molecule has 0 radical (unpaired) electrons. The summed E-state index contributed by atoms with van der Waals surface area (Å²) < 4.78 is 9.02. The summed E-state index contributed by atoms with van der Waals surface area (Å²) in [5.74, 6) is -0.858. The van der Waals surface area contributed by atoms with Gasteiger partial charge in [-0.3, -0.25) is 0 Å². The molecule has 0 saturated carbocycles. The van der Waals surface area contributed by atoms with Crippen LogP contribution in [-0.2, 0) is 9.47 Å². The number of esters is 2. The number of carbonyl (C=O) groups is 2. The first-order valence-electron chi connectivity index (χ1n) is 3.95. The second-order valence-corrected chi connectivity index (χ2v) is 2.56. The average molecular weight is 234 g/mol. The summed E-state index contributed by atoms with van der Waals surface area (Å²) in [5.41, 5.74) is 0.806. The van der Waals surface area contributed by atoms with E-state index in [0.717, 1.165) is 0 Å². The van der Waals surface area contributed by atoms with E-state index in [0.29, 0.717) is 11.1 Å². The third-order valence-corrected chi connectivity index (χ3v) is 1.73. The molecule has 0 aliphatic carbocycles. The van der Waals surface area contributed by atoms with E-state index in [-0.39, 0.29) is 51.4 Å². The Morgan fingerprint density at radius 1 is 0.867 bits per heavy atom. The molecule has 0 fully saturated rings. The number of ether oxygens (including phenoxy) is 2. The molecule has 0 spiro atoms. The summed E-state index contributed by atoms with van der Waals surface area (Å²) in [7, 11) is 2.60. The summed E-state index contributed by atoms with van der Waals surface area (Å²) in [5, 5.41) is 0. The molecule has 0 amide bonds. The van der Waals surface area contributed by atoms with Crippen molar-refractivity contribution in [3.63, 3.8) is 0 Å². The molecule has 15 heavy (non-hydrogen) atoms. The van der Waals surface area contributed by atoms with Gasteiger partial charge in [0.15, 0.2) is 0 Å². The summed E-state index contributed by atoms with van der Waals surface area (Å²) in [4.78, 5) is 22.1. The second-order valence-electron chi connectivity index (χ2n) is 2.56. The van der Waals surface area contributed by atoms with Gasteiger partial charge in [-0.2, -0.15) is 0 Å². The van der Waals surface area contributed by atoms with Crippen molar-refractivity contribution in [3.8, 4) is 0 Å². The van der Waals surface area contributed by atoms with Crippen LogP contribution in [0.1, 0.15) is 20.7 Å².